The number of hydrazine groups is 1. The van der Waals surface area contributed by atoms with Crippen LogP contribution in [0.4, 0.5) is 0 Å². The number of carbonyl (C=O) groups is 2. The van der Waals surface area contributed by atoms with Crippen LogP contribution in [0.15, 0.2) is 12.2 Å². The normalized spacial score (nSPS) is 11.4. The Labute approximate surface area is 76.8 Å². The Kier molecular flexibility index (Phi) is 4.13. The maximum Gasteiger partial charge on any atom is 0.269 e. The summed E-state index contributed by atoms with van der Waals surface area (Å²) in [5, 5.41) is 9.15. The number of aliphatic hydroxyl groups is 1. The number of nitrogens with one attached hydrogen (secondary N) is 2. The second-order valence-corrected chi connectivity index (χ2v) is 3.00. The van der Waals surface area contributed by atoms with E-state index in [0.717, 1.165) is 0 Å². The molecule has 0 fully saturated rings. The minimum absolute atomic E-state index is 0.444. The zero-order valence-electron chi connectivity index (χ0n) is 7.92. The topological polar surface area (TPSA) is 78.4 Å². The van der Waals surface area contributed by atoms with E-state index in [1.165, 1.54) is 26.0 Å². The van der Waals surface area contributed by atoms with Gasteiger partial charge in [-0.15, -0.1) is 0 Å². The summed E-state index contributed by atoms with van der Waals surface area (Å²) >= 11 is 0. The maximum absolute atomic E-state index is 11.0. The Morgan fingerprint density at radius 2 is 1.85 bits per heavy atom. The molecule has 0 rings (SSSR count). The van der Waals surface area contributed by atoms with Crippen LogP contribution in [-0.2, 0) is 9.59 Å². The lowest BCUT2D eigenvalue weighted by atomic mass is 10.1. The molecule has 0 unspecified atom stereocenters. The fourth-order valence-corrected chi connectivity index (χ4v) is 0.464. The van der Waals surface area contributed by atoms with E-state index >= 15 is 0 Å². The van der Waals surface area contributed by atoms with Crippen molar-refractivity contribution in [2.75, 3.05) is 0 Å². The molecule has 0 radical (unpaired) electrons. The smallest absolute Gasteiger partial charge is 0.269 e. The van der Waals surface area contributed by atoms with Crippen LogP contribution in [0.25, 0.3) is 0 Å². The van der Waals surface area contributed by atoms with Gasteiger partial charge in [-0.2, -0.15) is 0 Å². The number of amides is 2. The van der Waals surface area contributed by atoms with Crippen molar-refractivity contribution in [2.24, 2.45) is 0 Å². The molecule has 0 atom stereocenters. The molecule has 3 N–H and O–H groups in total. The summed E-state index contributed by atoms with van der Waals surface area (Å²) in [7, 11) is 0. The van der Waals surface area contributed by atoms with E-state index in [2.05, 4.69) is 10.9 Å². The van der Waals surface area contributed by atoms with Crippen molar-refractivity contribution in [2.45, 2.75) is 26.4 Å². The molecule has 0 aromatic heterocycles. The summed E-state index contributed by atoms with van der Waals surface area (Å²) in [5.74, 6) is -1.11. The van der Waals surface area contributed by atoms with Gasteiger partial charge in [0, 0.05) is 6.08 Å². The first kappa shape index (κ1) is 11.6. The van der Waals surface area contributed by atoms with Crippen LogP contribution < -0.4 is 10.9 Å². The number of hydrogen-bond donors (Lipinski definition) is 3. The van der Waals surface area contributed by atoms with Crippen molar-refractivity contribution in [1.29, 1.82) is 0 Å². The molecule has 0 heterocycles. The monoisotopic (exact) mass is 186 g/mol. The SMILES string of the molecule is C/C=C/C(=O)NNC(=O)C(C)(C)O. The third kappa shape index (κ3) is 4.97. The molecule has 0 aromatic rings. The van der Waals surface area contributed by atoms with E-state index in [4.69, 9.17) is 5.11 Å². The average Bonchev–Trinajstić information content (AvgIpc) is 1.99. The van der Waals surface area contributed by atoms with Gasteiger partial charge >= 0.3 is 0 Å². The van der Waals surface area contributed by atoms with Gasteiger partial charge in [0.05, 0.1) is 0 Å². The predicted octanol–water partition coefficient (Wildman–Crippen LogP) is -0.519. The number of rotatable bonds is 2. The van der Waals surface area contributed by atoms with Gasteiger partial charge in [0.25, 0.3) is 11.8 Å². The summed E-state index contributed by atoms with van der Waals surface area (Å²) in [6.07, 6.45) is 2.79. The molecule has 13 heavy (non-hydrogen) atoms. The van der Waals surface area contributed by atoms with E-state index in [1.807, 2.05) is 0 Å². The summed E-state index contributed by atoms with van der Waals surface area (Å²) < 4.78 is 0. The van der Waals surface area contributed by atoms with E-state index in [0.29, 0.717) is 0 Å². The lowest BCUT2D eigenvalue weighted by molar-refractivity contribution is -0.139. The summed E-state index contributed by atoms with van der Waals surface area (Å²) in [6, 6.07) is 0. The van der Waals surface area contributed by atoms with Crippen LogP contribution in [0.1, 0.15) is 20.8 Å². The summed E-state index contributed by atoms with van der Waals surface area (Å²) in [4.78, 5) is 21.8. The zero-order valence-corrected chi connectivity index (χ0v) is 7.92. The minimum atomic E-state index is -1.50. The van der Waals surface area contributed by atoms with Gasteiger partial charge in [-0.25, -0.2) is 0 Å². The lowest BCUT2D eigenvalue weighted by Gasteiger charge is -2.16. The van der Waals surface area contributed by atoms with Crippen LogP contribution >= 0.6 is 0 Å². The summed E-state index contributed by atoms with van der Waals surface area (Å²) in [6.45, 7) is 4.33. The number of hydrogen-bond acceptors (Lipinski definition) is 3. The van der Waals surface area contributed by atoms with E-state index < -0.39 is 17.4 Å². The highest BCUT2D eigenvalue weighted by Crippen LogP contribution is 1.98. The lowest BCUT2D eigenvalue weighted by Crippen LogP contribution is -2.50. The van der Waals surface area contributed by atoms with Crippen LogP contribution in [0.2, 0.25) is 0 Å². The van der Waals surface area contributed by atoms with Crippen molar-refractivity contribution < 1.29 is 14.7 Å². The Morgan fingerprint density at radius 3 is 2.23 bits per heavy atom. The summed E-state index contributed by atoms with van der Waals surface area (Å²) in [5.41, 5.74) is 2.68. The van der Waals surface area contributed by atoms with Gasteiger partial charge in [0.2, 0.25) is 0 Å². The maximum atomic E-state index is 11.0. The fourth-order valence-electron chi connectivity index (χ4n) is 0.464. The van der Waals surface area contributed by atoms with Gasteiger partial charge < -0.3 is 5.11 Å². The largest absolute Gasteiger partial charge is 0.381 e. The third-order valence-corrected chi connectivity index (χ3v) is 1.17. The van der Waals surface area contributed by atoms with Crippen molar-refractivity contribution in [3.63, 3.8) is 0 Å². The van der Waals surface area contributed by atoms with Gasteiger partial charge in [-0.1, -0.05) is 6.08 Å². The Morgan fingerprint density at radius 1 is 1.31 bits per heavy atom. The zero-order chi connectivity index (χ0) is 10.5. The predicted molar refractivity (Wildman–Crippen MR) is 47.4 cm³/mol. The molecule has 0 aliphatic heterocycles. The van der Waals surface area contributed by atoms with Crippen molar-refractivity contribution >= 4 is 11.8 Å². The van der Waals surface area contributed by atoms with E-state index in [9.17, 15) is 9.59 Å². The number of carbonyl (C=O) groups excluding carboxylic acids is 2. The minimum Gasteiger partial charge on any atom is -0.381 e. The Hall–Kier alpha value is -1.36. The standard InChI is InChI=1S/C8H14N2O3/c1-4-5-6(11)9-10-7(12)8(2,3)13/h4-5,13H,1-3H3,(H,9,11)(H,10,12)/b5-4+. The van der Waals surface area contributed by atoms with Crippen LogP contribution in [0, 0.1) is 0 Å². The molecule has 74 valence electrons. The molecule has 0 saturated heterocycles. The molecule has 2 amide bonds. The van der Waals surface area contributed by atoms with Gasteiger partial charge in [-0.05, 0) is 20.8 Å². The van der Waals surface area contributed by atoms with Crippen LogP contribution in [-0.4, -0.2) is 22.5 Å². The molecular formula is C8H14N2O3. The molecule has 0 spiro atoms. The van der Waals surface area contributed by atoms with Crippen LogP contribution in [0.5, 0.6) is 0 Å². The first-order valence-corrected chi connectivity index (χ1v) is 3.83. The molecular weight excluding hydrogens is 172 g/mol. The fraction of sp³-hybridized carbons (Fsp3) is 0.500. The molecule has 0 bridgehead atoms. The first-order valence-electron chi connectivity index (χ1n) is 3.83. The second-order valence-electron chi connectivity index (χ2n) is 3.00. The van der Waals surface area contributed by atoms with Gasteiger partial charge in [0.1, 0.15) is 5.60 Å². The quantitative estimate of drug-likeness (QED) is 0.401. The van der Waals surface area contributed by atoms with Gasteiger partial charge in [0.15, 0.2) is 0 Å². The Balaban J connectivity index is 3.91. The molecule has 0 aliphatic rings. The third-order valence-electron chi connectivity index (χ3n) is 1.17. The second kappa shape index (κ2) is 4.61. The van der Waals surface area contributed by atoms with Crippen molar-refractivity contribution in [3.8, 4) is 0 Å². The Bertz CT molecular complexity index is 228. The molecule has 5 nitrogen and oxygen atoms in total. The average molecular weight is 186 g/mol. The molecule has 0 aromatic carbocycles. The van der Waals surface area contributed by atoms with Crippen molar-refractivity contribution in [1.82, 2.24) is 10.9 Å². The highest BCUT2D eigenvalue weighted by molar-refractivity contribution is 5.91. The number of allylic oxidation sites excluding steroid dienone is 1. The molecule has 5 heteroatoms. The molecule has 0 saturated carbocycles. The molecule has 0 aliphatic carbocycles. The van der Waals surface area contributed by atoms with E-state index in [-0.39, 0.29) is 0 Å². The van der Waals surface area contributed by atoms with Gasteiger partial charge in [-0.3, -0.25) is 20.4 Å². The van der Waals surface area contributed by atoms with E-state index in [1.54, 1.807) is 6.92 Å². The highest BCUT2D eigenvalue weighted by atomic mass is 16.3. The first-order chi connectivity index (χ1) is 5.88. The van der Waals surface area contributed by atoms with Crippen LogP contribution in [0.3, 0.4) is 0 Å². The highest BCUT2D eigenvalue weighted by Gasteiger charge is 2.23. The van der Waals surface area contributed by atoms with Crippen molar-refractivity contribution in [3.05, 3.63) is 12.2 Å².